The fraction of sp³-hybridized carbons (Fsp3) is 0.353. The van der Waals surface area contributed by atoms with Crippen molar-refractivity contribution in [3.63, 3.8) is 0 Å². The summed E-state index contributed by atoms with van der Waals surface area (Å²) in [6, 6.07) is 20.8. The van der Waals surface area contributed by atoms with E-state index in [-0.39, 0.29) is 5.91 Å². The third kappa shape index (κ3) is 6.66. The van der Waals surface area contributed by atoms with Crippen LogP contribution in [0.15, 0.2) is 66.7 Å². The van der Waals surface area contributed by atoms with Gasteiger partial charge in [-0.05, 0) is 66.4 Å². The van der Waals surface area contributed by atoms with Crippen molar-refractivity contribution in [2.75, 3.05) is 12.0 Å². The van der Waals surface area contributed by atoms with Crippen molar-refractivity contribution in [2.24, 2.45) is 5.92 Å². The van der Waals surface area contributed by atoms with Gasteiger partial charge < -0.3 is 19.1 Å². The van der Waals surface area contributed by atoms with E-state index in [1.54, 1.807) is 44.1 Å². The van der Waals surface area contributed by atoms with Crippen LogP contribution in [0.25, 0.3) is 0 Å². The van der Waals surface area contributed by atoms with Gasteiger partial charge in [0.2, 0.25) is 11.7 Å². The van der Waals surface area contributed by atoms with Crippen LogP contribution in [-0.4, -0.2) is 24.8 Å². The number of anilines is 1. The van der Waals surface area contributed by atoms with Crippen LogP contribution in [0.3, 0.4) is 0 Å². The van der Waals surface area contributed by atoms with Gasteiger partial charge in [-0.15, -0.1) is 0 Å². The lowest BCUT2D eigenvalue weighted by Crippen LogP contribution is -2.39. The largest absolute Gasteiger partial charge is 0.497 e. The van der Waals surface area contributed by atoms with Gasteiger partial charge in [0, 0.05) is 43.1 Å². The van der Waals surface area contributed by atoms with E-state index in [4.69, 9.17) is 14.2 Å². The molecule has 0 unspecified atom stereocenters. The topological polar surface area (TPSA) is 65.1 Å². The van der Waals surface area contributed by atoms with Crippen molar-refractivity contribution >= 4 is 17.6 Å². The molecule has 6 nitrogen and oxygen atoms in total. The quantitative estimate of drug-likeness (QED) is 0.243. The van der Waals surface area contributed by atoms with Crippen molar-refractivity contribution in [2.45, 2.75) is 64.7 Å². The maximum atomic E-state index is 13.6. The Hall–Kier alpha value is -4.24. The second-order valence-corrected chi connectivity index (χ2v) is 10.9. The first-order chi connectivity index (χ1) is 19.3. The highest BCUT2D eigenvalue weighted by Crippen LogP contribution is 2.35. The molecule has 0 bridgehead atoms. The van der Waals surface area contributed by atoms with Gasteiger partial charge in [0.25, 0.3) is 0 Å². The molecular weight excluding hydrogens is 502 g/mol. The molecule has 1 aliphatic heterocycles. The molecule has 1 fully saturated rings. The minimum absolute atomic E-state index is 0.0628. The number of fused-ring (bicyclic) bond motifs is 1. The lowest BCUT2D eigenvalue weighted by molar-refractivity contribution is -0.127. The van der Waals surface area contributed by atoms with Crippen LogP contribution < -0.4 is 14.4 Å². The number of esters is 1. The van der Waals surface area contributed by atoms with E-state index in [1.165, 1.54) is 25.7 Å². The molecule has 1 aliphatic carbocycles. The van der Waals surface area contributed by atoms with E-state index >= 15 is 0 Å². The average Bonchev–Trinajstić information content (AvgIpc) is 3.47. The predicted molar refractivity (Wildman–Crippen MR) is 154 cm³/mol. The molecule has 1 heterocycles. The number of hydrogen-bond acceptors (Lipinski definition) is 5. The Morgan fingerprint density at radius 3 is 2.25 bits per heavy atom. The SMILES string of the molecule is COc1ccc(C#Cc2ccc(CN(C(=O)CCC3CCCC3)c3ccc4c(c3)OC(C)(C)OC4=O)cc2)cc1. The highest BCUT2D eigenvalue weighted by Gasteiger charge is 2.34. The molecule has 6 heteroatoms. The number of nitrogens with zero attached hydrogens (tertiary/aromatic N) is 1. The number of ether oxygens (including phenoxy) is 3. The third-order valence-electron chi connectivity index (χ3n) is 7.47. The molecule has 0 spiro atoms. The third-order valence-corrected chi connectivity index (χ3v) is 7.47. The first kappa shape index (κ1) is 27.3. The molecule has 0 atom stereocenters. The van der Waals surface area contributed by atoms with Crippen LogP contribution >= 0.6 is 0 Å². The van der Waals surface area contributed by atoms with Crippen LogP contribution in [0.4, 0.5) is 5.69 Å². The zero-order chi connectivity index (χ0) is 28.1. The Balaban J connectivity index is 1.36. The van der Waals surface area contributed by atoms with Gasteiger partial charge >= 0.3 is 5.97 Å². The van der Waals surface area contributed by atoms with Crippen molar-refractivity contribution in [3.05, 3.63) is 89.0 Å². The second kappa shape index (κ2) is 11.9. The summed E-state index contributed by atoms with van der Waals surface area (Å²) in [5.74, 6) is 6.79. The lowest BCUT2D eigenvalue weighted by atomic mass is 10.0. The van der Waals surface area contributed by atoms with E-state index in [1.807, 2.05) is 48.5 Å². The number of hydrogen-bond donors (Lipinski definition) is 0. The summed E-state index contributed by atoms with van der Waals surface area (Å²) < 4.78 is 16.5. The maximum Gasteiger partial charge on any atom is 0.345 e. The fourth-order valence-corrected chi connectivity index (χ4v) is 5.28. The Labute approximate surface area is 236 Å². The first-order valence-corrected chi connectivity index (χ1v) is 13.9. The van der Waals surface area contributed by atoms with Gasteiger partial charge in [0.1, 0.15) is 17.1 Å². The molecule has 1 saturated carbocycles. The lowest BCUT2D eigenvalue weighted by Gasteiger charge is -2.32. The number of carbonyl (C=O) groups excluding carboxylic acids is 2. The molecule has 206 valence electrons. The number of benzene rings is 3. The Kier molecular flexibility index (Phi) is 8.11. The number of methoxy groups -OCH3 is 1. The maximum absolute atomic E-state index is 13.6. The molecule has 0 N–H and O–H groups in total. The number of amides is 1. The molecule has 0 radical (unpaired) electrons. The van der Waals surface area contributed by atoms with Gasteiger partial charge in [0.05, 0.1) is 13.7 Å². The van der Waals surface area contributed by atoms with Crippen molar-refractivity contribution in [1.82, 2.24) is 0 Å². The average molecular weight is 538 g/mol. The summed E-state index contributed by atoms with van der Waals surface area (Å²) in [5.41, 5.74) is 3.85. The summed E-state index contributed by atoms with van der Waals surface area (Å²) >= 11 is 0. The van der Waals surface area contributed by atoms with Gasteiger partial charge in [-0.25, -0.2) is 4.79 Å². The van der Waals surface area contributed by atoms with Crippen molar-refractivity contribution < 1.29 is 23.8 Å². The van der Waals surface area contributed by atoms with Crippen LogP contribution in [0, 0.1) is 17.8 Å². The van der Waals surface area contributed by atoms with Crippen LogP contribution in [0.5, 0.6) is 11.5 Å². The minimum Gasteiger partial charge on any atom is -0.497 e. The molecule has 0 saturated heterocycles. The molecule has 2 aliphatic rings. The zero-order valence-corrected chi connectivity index (χ0v) is 23.4. The molecule has 3 aromatic rings. The van der Waals surface area contributed by atoms with E-state index in [2.05, 4.69) is 11.8 Å². The molecular formula is C34H35NO5. The summed E-state index contributed by atoms with van der Waals surface area (Å²) in [6.45, 7) is 3.80. The van der Waals surface area contributed by atoms with Gasteiger partial charge in [-0.2, -0.15) is 0 Å². The number of carbonyl (C=O) groups is 2. The Morgan fingerprint density at radius 2 is 1.60 bits per heavy atom. The van der Waals surface area contributed by atoms with E-state index in [9.17, 15) is 9.59 Å². The van der Waals surface area contributed by atoms with Crippen LogP contribution in [-0.2, 0) is 16.1 Å². The summed E-state index contributed by atoms with van der Waals surface area (Å²) in [4.78, 5) is 27.9. The fourth-order valence-electron chi connectivity index (χ4n) is 5.28. The van der Waals surface area contributed by atoms with Gasteiger partial charge in [0.15, 0.2) is 0 Å². The van der Waals surface area contributed by atoms with Crippen LogP contribution in [0.2, 0.25) is 0 Å². The number of rotatable bonds is 7. The Bertz CT molecular complexity index is 1420. The van der Waals surface area contributed by atoms with E-state index in [0.717, 1.165) is 28.9 Å². The monoisotopic (exact) mass is 537 g/mol. The predicted octanol–water partition coefficient (Wildman–Crippen LogP) is 6.88. The Morgan fingerprint density at radius 1 is 0.950 bits per heavy atom. The second-order valence-electron chi connectivity index (χ2n) is 10.9. The summed E-state index contributed by atoms with van der Waals surface area (Å²) in [6.07, 6.45) is 6.30. The highest BCUT2D eigenvalue weighted by atomic mass is 16.7. The zero-order valence-electron chi connectivity index (χ0n) is 23.4. The van der Waals surface area contributed by atoms with Gasteiger partial charge in [-0.3, -0.25) is 4.79 Å². The smallest absolute Gasteiger partial charge is 0.345 e. The summed E-state index contributed by atoms with van der Waals surface area (Å²) in [7, 11) is 1.64. The van der Waals surface area contributed by atoms with Gasteiger partial charge in [-0.1, -0.05) is 49.7 Å². The van der Waals surface area contributed by atoms with E-state index in [0.29, 0.717) is 35.9 Å². The summed E-state index contributed by atoms with van der Waals surface area (Å²) in [5, 5.41) is 0. The normalized spacial score (nSPS) is 15.7. The molecule has 3 aromatic carbocycles. The highest BCUT2D eigenvalue weighted by molar-refractivity contribution is 5.97. The molecule has 5 rings (SSSR count). The standard InChI is InChI=1S/C34H35NO5/c1-34(2)39-31-22-28(17-20-30(31)33(37)40-34)35(32(36)21-16-24-6-4-5-7-24)23-27-12-10-25(11-13-27)8-9-26-14-18-29(38-3)19-15-26/h10-15,17-20,22,24H,4-7,16,21,23H2,1-3H3. The first-order valence-electron chi connectivity index (χ1n) is 13.9. The molecule has 0 aromatic heterocycles. The molecule has 1 amide bonds. The van der Waals surface area contributed by atoms with E-state index < -0.39 is 11.8 Å². The number of cyclic esters (lactones) is 1. The van der Waals surface area contributed by atoms with Crippen LogP contribution in [0.1, 0.15) is 79.4 Å². The van der Waals surface area contributed by atoms with Crippen molar-refractivity contribution in [1.29, 1.82) is 0 Å². The minimum atomic E-state index is -1.07. The van der Waals surface area contributed by atoms with Crippen molar-refractivity contribution in [3.8, 4) is 23.3 Å². The molecule has 40 heavy (non-hydrogen) atoms.